The molecule has 0 aromatic rings. The van der Waals surface area contributed by atoms with Crippen molar-refractivity contribution in [1.29, 1.82) is 0 Å². The largest absolute Gasteiger partial charge is 0.338 e. The summed E-state index contributed by atoms with van der Waals surface area (Å²) in [6, 6.07) is -0.0542. The maximum Gasteiger partial charge on any atom is 0.321 e. The van der Waals surface area contributed by atoms with Crippen molar-refractivity contribution in [2.75, 3.05) is 39.8 Å². The predicted molar refractivity (Wildman–Crippen MR) is 74.9 cm³/mol. The maximum absolute atomic E-state index is 11.8. The summed E-state index contributed by atoms with van der Waals surface area (Å²) in [4.78, 5) is 27.6. The number of hydrogen-bond donors (Lipinski definition) is 2. The Morgan fingerprint density at radius 1 is 1.32 bits per heavy atom. The summed E-state index contributed by atoms with van der Waals surface area (Å²) in [6.45, 7) is 9.73. The molecule has 0 spiro atoms. The van der Waals surface area contributed by atoms with Crippen molar-refractivity contribution < 1.29 is 9.59 Å². The zero-order chi connectivity index (χ0) is 14.4. The Hall–Kier alpha value is -1.14. The molecule has 0 unspecified atom stereocenters. The molecule has 0 bridgehead atoms. The van der Waals surface area contributed by atoms with Crippen LogP contribution in [0, 0.1) is 5.92 Å². The first-order chi connectivity index (χ1) is 8.93. The summed E-state index contributed by atoms with van der Waals surface area (Å²) in [5, 5.41) is 4.91. The molecular weight excluding hydrogens is 244 g/mol. The van der Waals surface area contributed by atoms with Crippen LogP contribution in [0.3, 0.4) is 0 Å². The lowest BCUT2D eigenvalue weighted by Crippen LogP contribution is -2.57. The van der Waals surface area contributed by atoms with Gasteiger partial charge < -0.3 is 10.2 Å². The highest BCUT2D eigenvalue weighted by Crippen LogP contribution is 2.15. The fourth-order valence-electron chi connectivity index (χ4n) is 2.38. The first-order valence-corrected chi connectivity index (χ1v) is 6.94. The Kier molecular flexibility index (Phi) is 6.24. The van der Waals surface area contributed by atoms with Gasteiger partial charge in [0.2, 0.25) is 5.91 Å². The van der Waals surface area contributed by atoms with E-state index in [1.165, 1.54) is 0 Å². The van der Waals surface area contributed by atoms with Crippen LogP contribution in [0.2, 0.25) is 0 Å². The molecule has 6 heteroatoms. The lowest BCUT2D eigenvalue weighted by Gasteiger charge is -2.41. The summed E-state index contributed by atoms with van der Waals surface area (Å²) in [6.07, 6.45) is 0. The van der Waals surface area contributed by atoms with Crippen molar-refractivity contribution in [2.24, 2.45) is 5.92 Å². The Morgan fingerprint density at radius 2 is 2.00 bits per heavy atom. The van der Waals surface area contributed by atoms with Gasteiger partial charge in [0, 0.05) is 32.2 Å². The molecule has 1 atom stereocenters. The number of nitrogens with one attached hydrogen (secondary N) is 2. The third-order valence-corrected chi connectivity index (χ3v) is 3.44. The zero-order valence-electron chi connectivity index (χ0n) is 12.4. The topological polar surface area (TPSA) is 64.7 Å². The SMILES string of the molecule is CCNC(=O)NC(=O)CN1CCN(C)C[C@@H]1C(C)C. The van der Waals surface area contributed by atoms with Crippen LogP contribution in [0.1, 0.15) is 20.8 Å². The van der Waals surface area contributed by atoms with Crippen LogP contribution < -0.4 is 10.6 Å². The minimum atomic E-state index is -0.414. The fraction of sp³-hybridized carbons (Fsp3) is 0.846. The fourth-order valence-corrected chi connectivity index (χ4v) is 2.38. The molecule has 1 heterocycles. The van der Waals surface area contributed by atoms with Crippen LogP contribution in [0.25, 0.3) is 0 Å². The van der Waals surface area contributed by atoms with Gasteiger partial charge in [0.1, 0.15) is 0 Å². The molecule has 0 aromatic heterocycles. The van der Waals surface area contributed by atoms with Gasteiger partial charge in [-0.1, -0.05) is 13.8 Å². The average Bonchev–Trinajstić information content (AvgIpc) is 2.31. The van der Waals surface area contributed by atoms with Crippen molar-refractivity contribution in [1.82, 2.24) is 20.4 Å². The third-order valence-electron chi connectivity index (χ3n) is 3.44. The van der Waals surface area contributed by atoms with Gasteiger partial charge in [0.25, 0.3) is 0 Å². The van der Waals surface area contributed by atoms with E-state index in [-0.39, 0.29) is 12.5 Å². The lowest BCUT2D eigenvalue weighted by molar-refractivity contribution is -0.122. The minimum Gasteiger partial charge on any atom is -0.338 e. The molecular formula is C13H26N4O2. The Labute approximate surface area is 115 Å². The Balaban J connectivity index is 2.49. The molecule has 19 heavy (non-hydrogen) atoms. The molecule has 0 aromatic carbocycles. The minimum absolute atomic E-state index is 0.235. The van der Waals surface area contributed by atoms with Gasteiger partial charge in [-0.15, -0.1) is 0 Å². The van der Waals surface area contributed by atoms with Gasteiger partial charge in [-0.05, 0) is 19.9 Å². The van der Waals surface area contributed by atoms with E-state index in [1.807, 2.05) is 6.92 Å². The summed E-state index contributed by atoms with van der Waals surface area (Å²) < 4.78 is 0. The van der Waals surface area contributed by atoms with Gasteiger partial charge in [0.15, 0.2) is 0 Å². The quantitative estimate of drug-likeness (QED) is 0.761. The molecule has 1 aliphatic rings. The van der Waals surface area contributed by atoms with E-state index >= 15 is 0 Å². The second-order valence-electron chi connectivity index (χ2n) is 5.45. The second kappa shape index (κ2) is 7.45. The number of piperazine rings is 1. The van der Waals surface area contributed by atoms with Crippen LogP contribution in [-0.4, -0.2) is 67.6 Å². The highest BCUT2D eigenvalue weighted by Gasteiger charge is 2.29. The van der Waals surface area contributed by atoms with E-state index in [2.05, 4.69) is 41.3 Å². The summed E-state index contributed by atoms with van der Waals surface area (Å²) in [5.74, 6) is 0.251. The van der Waals surface area contributed by atoms with Crippen LogP contribution in [0.5, 0.6) is 0 Å². The van der Waals surface area contributed by atoms with E-state index in [9.17, 15) is 9.59 Å². The van der Waals surface area contributed by atoms with Crippen molar-refractivity contribution in [3.05, 3.63) is 0 Å². The smallest absolute Gasteiger partial charge is 0.321 e. The number of carbonyl (C=O) groups is 2. The van der Waals surface area contributed by atoms with Gasteiger partial charge in [-0.2, -0.15) is 0 Å². The van der Waals surface area contributed by atoms with Crippen LogP contribution >= 0.6 is 0 Å². The molecule has 2 N–H and O–H groups in total. The highest BCUT2D eigenvalue weighted by molar-refractivity contribution is 5.95. The van der Waals surface area contributed by atoms with Gasteiger partial charge >= 0.3 is 6.03 Å². The number of imide groups is 1. The summed E-state index contributed by atoms with van der Waals surface area (Å²) in [7, 11) is 2.10. The molecule has 3 amide bonds. The van der Waals surface area contributed by atoms with Crippen molar-refractivity contribution in [3.63, 3.8) is 0 Å². The molecule has 1 aliphatic heterocycles. The lowest BCUT2D eigenvalue weighted by atomic mass is 10.00. The molecule has 110 valence electrons. The molecule has 6 nitrogen and oxygen atoms in total. The zero-order valence-corrected chi connectivity index (χ0v) is 12.4. The Morgan fingerprint density at radius 3 is 2.58 bits per heavy atom. The summed E-state index contributed by atoms with van der Waals surface area (Å²) >= 11 is 0. The van der Waals surface area contributed by atoms with E-state index < -0.39 is 6.03 Å². The molecule has 0 radical (unpaired) electrons. The monoisotopic (exact) mass is 270 g/mol. The molecule has 1 fully saturated rings. The predicted octanol–water partition coefficient (Wildman–Crippen LogP) is 0.104. The van der Waals surface area contributed by atoms with E-state index in [0.29, 0.717) is 18.5 Å². The number of carbonyl (C=O) groups excluding carboxylic acids is 2. The number of rotatable bonds is 4. The average molecular weight is 270 g/mol. The maximum atomic E-state index is 11.8. The highest BCUT2D eigenvalue weighted by atomic mass is 16.2. The van der Waals surface area contributed by atoms with Crippen molar-refractivity contribution >= 4 is 11.9 Å². The molecule has 0 aliphatic carbocycles. The van der Waals surface area contributed by atoms with Crippen molar-refractivity contribution in [3.8, 4) is 0 Å². The van der Waals surface area contributed by atoms with E-state index in [0.717, 1.165) is 19.6 Å². The number of nitrogens with zero attached hydrogens (tertiary/aromatic N) is 2. The van der Waals surface area contributed by atoms with Crippen molar-refractivity contribution in [2.45, 2.75) is 26.8 Å². The van der Waals surface area contributed by atoms with E-state index in [1.54, 1.807) is 0 Å². The number of likely N-dealkylation sites (N-methyl/N-ethyl adjacent to an activating group) is 1. The molecule has 1 rings (SSSR count). The number of amides is 3. The van der Waals surface area contributed by atoms with Crippen LogP contribution in [0.15, 0.2) is 0 Å². The third kappa shape index (κ3) is 5.16. The normalized spacial score (nSPS) is 21.4. The standard InChI is InChI=1S/C13H26N4O2/c1-5-14-13(19)15-12(18)9-17-7-6-16(4)8-11(17)10(2)3/h10-11H,5-9H2,1-4H3,(H2,14,15,18,19)/t11-/m1/s1. The van der Waals surface area contributed by atoms with Crippen LogP contribution in [-0.2, 0) is 4.79 Å². The number of hydrogen-bond acceptors (Lipinski definition) is 4. The number of urea groups is 1. The second-order valence-corrected chi connectivity index (χ2v) is 5.45. The van der Waals surface area contributed by atoms with Gasteiger partial charge in [0.05, 0.1) is 6.54 Å². The molecule has 1 saturated heterocycles. The first kappa shape index (κ1) is 15.9. The van der Waals surface area contributed by atoms with Gasteiger partial charge in [-0.25, -0.2) is 4.79 Å². The van der Waals surface area contributed by atoms with Gasteiger partial charge in [-0.3, -0.25) is 15.0 Å². The van der Waals surface area contributed by atoms with Crippen LogP contribution in [0.4, 0.5) is 4.79 Å². The summed E-state index contributed by atoms with van der Waals surface area (Å²) in [5.41, 5.74) is 0. The Bertz CT molecular complexity index is 320. The van der Waals surface area contributed by atoms with E-state index in [4.69, 9.17) is 0 Å². The molecule has 0 saturated carbocycles. The first-order valence-electron chi connectivity index (χ1n) is 6.94.